The first-order valence-corrected chi connectivity index (χ1v) is 6.90. The summed E-state index contributed by atoms with van der Waals surface area (Å²) >= 11 is 0. The molecular weight excluding hydrogens is 256 g/mol. The molecule has 0 bridgehead atoms. The minimum Gasteiger partial charge on any atom is -0.465 e. The summed E-state index contributed by atoms with van der Waals surface area (Å²) in [5.74, 6) is -0.360. The van der Waals surface area contributed by atoms with Crippen LogP contribution in [0.1, 0.15) is 25.5 Å². The average molecular weight is 276 g/mol. The normalized spacial score (nSPS) is 21.1. The van der Waals surface area contributed by atoms with Gasteiger partial charge in [-0.25, -0.2) is 4.79 Å². The second-order valence-electron chi connectivity index (χ2n) is 4.77. The highest BCUT2D eigenvalue weighted by Crippen LogP contribution is 2.25. The van der Waals surface area contributed by atoms with E-state index in [1.54, 1.807) is 6.92 Å². The number of ether oxygens (including phenoxy) is 1. The molecule has 20 heavy (non-hydrogen) atoms. The fourth-order valence-electron chi connectivity index (χ4n) is 2.47. The van der Waals surface area contributed by atoms with Crippen molar-refractivity contribution in [2.45, 2.75) is 25.9 Å². The van der Waals surface area contributed by atoms with Crippen LogP contribution < -0.4 is 5.32 Å². The van der Waals surface area contributed by atoms with Crippen LogP contribution >= 0.6 is 0 Å². The molecule has 1 heterocycles. The quantitative estimate of drug-likeness (QED) is 0.837. The molecule has 108 valence electrons. The number of hydrogen-bond acceptors (Lipinski definition) is 4. The van der Waals surface area contributed by atoms with Crippen LogP contribution in [0.3, 0.4) is 0 Å². The lowest BCUT2D eigenvalue weighted by atomic mass is 10.0. The summed E-state index contributed by atoms with van der Waals surface area (Å²) in [5, 5.41) is 2.81. The molecule has 1 aliphatic heterocycles. The number of rotatable bonds is 4. The molecule has 1 aromatic carbocycles. The van der Waals surface area contributed by atoms with Gasteiger partial charge in [0.05, 0.1) is 12.6 Å². The van der Waals surface area contributed by atoms with E-state index in [0.29, 0.717) is 19.7 Å². The van der Waals surface area contributed by atoms with E-state index >= 15 is 0 Å². The maximum Gasteiger partial charge on any atom is 0.328 e. The molecule has 1 aliphatic rings. The second kappa shape index (κ2) is 6.52. The van der Waals surface area contributed by atoms with Crippen molar-refractivity contribution in [2.24, 2.45) is 0 Å². The molecule has 2 rings (SSSR count). The van der Waals surface area contributed by atoms with Crippen molar-refractivity contribution in [3.8, 4) is 0 Å². The molecule has 2 unspecified atom stereocenters. The molecule has 5 heteroatoms. The van der Waals surface area contributed by atoms with Crippen LogP contribution in [0.15, 0.2) is 30.3 Å². The monoisotopic (exact) mass is 276 g/mol. The van der Waals surface area contributed by atoms with Crippen molar-refractivity contribution in [1.82, 2.24) is 10.2 Å². The summed E-state index contributed by atoms with van der Waals surface area (Å²) in [6, 6.07) is 8.57. The Labute approximate surface area is 118 Å². The topological polar surface area (TPSA) is 58.6 Å². The number of benzene rings is 1. The third-order valence-electron chi connectivity index (χ3n) is 3.50. The highest BCUT2D eigenvalue weighted by atomic mass is 16.5. The van der Waals surface area contributed by atoms with Crippen LogP contribution in [-0.2, 0) is 14.3 Å². The van der Waals surface area contributed by atoms with Crippen LogP contribution in [0.25, 0.3) is 0 Å². The predicted octanol–water partition coefficient (Wildman–Crippen LogP) is 1.11. The molecule has 1 amide bonds. The van der Waals surface area contributed by atoms with E-state index in [1.165, 1.54) is 0 Å². The third-order valence-corrected chi connectivity index (χ3v) is 3.50. The lowest BCUT2D eigenvalue weighted by Crippen LogP contribution is -2.56. The van der Waals surface area contributed by atoms with E-state index in [1.807, 2.05) is 42.2 Å². The average Bonchev–Trinajstić information content (AvgIpc) is 2.45. The van der Waals surface area contributed by atoms with Gasteiger partial charge < -0.3 is 10.1 Å². The molecule has 1 saturated heterocycles. The molecular formula is C15H20N2O3. The number of piperazine rings is 1. The van der Waals surface area contributed by atoms with Crippen LogP contribution in [0, 0.1) is 0 Å². The van der Waals surface area contributed by atoms with E-state index in [2.05, 4.69) is 5.32 Å². The Hall–Kier alpha value is -1.88. The molecule has 0 aliphatic carbocycles. The fraction of sp³-hybridized carbons (Fsp3) is 0.467. The molecule has 2 atom stereocenters. The Kier molecular flexibility index (Phi) is 4.74. The minimum absolute atomic E-state index is 0.0542. The summed E-state index contributed by atoms with van der Waals surface area (Å²) in [6.07, 6.45) is 0. The smallest absolute Gasteiger partial charge is 0.328 e. The number of nitrogens with one attached hydrogen (secondary N) is 1. The number of amides is 1. The molecule has 5 nitrogen and oxygen atoms in total. The Morgan fingerprint density at radius 3 is 2.80 bits per heavy atom. The summed E-state index contributed by atoms with van der Waals surface area (Å²) < 4.78 is 5.18. The van der Waals surface area contributed by atoms with Gasteiger partial charge in [-0.3, -0.25) is 9.69 Å². The van der Waals surface area contributed by atoms with Crippen molar-refractivity contribution >= 4 is 11.9 Å². The summed E-state index contributed by atoms with van der Waals surface area (Å²) in [5.41, 5.74) is 0.854. The van der Waals surface area contributed by atoms with Gasteiger partial charge in [0.2, 0.25) is 5.91 Å². The lowest BCUT2D eigenvalue weighted by Gasteiger charge is -2.37. The summed E-state index contributed by atoms with van der Waals surface area (Å²) in [4.78, 5) is 26.0. The first-order valence-electron chi connectivity index (χ1n) is 6.90. The largest absolute Gasteiger partial charge is 0.465 e. The van der Waals surface area contributed by atoms with E-state index < -0.39 is 6.04 Å². The third kappa shape index (κ3) is 2.99. The van der Waals surface area contributed by atoms with Gasteiger partial charge in [0.15, 0.2) is 0 Å². The predicted molar refractivity (Wildman–Crippen MR) is 75.0 cm³/mol. The number of esters is 1. The Morgan fingerprint density at radius 1 is 1.45 bits per heavy atom. The van der Waals surface area contributed by atoms with Gasteiger partial charge in [0, 0.05) is 13.1 Å². The molecule has 1 fully saturated rings. The lowest BCUT2D eigenvalue weighted by molar-refractivity contribution is -0.152. The standard InChI is InChI=1S/C15H20N2O3/c1-3-20-15(19)13(12-7-5-4-6-8-12)17-10-9-16-14(18)11(17)2/h4-8,11,13H,3,9-10H2,1-2H3,(H,16,18). The molecule has 0 radical (unpaired) electrons. The highest BCUT2D eigenvalue weighted by molar-refractivity contribution is 5.84. The van der Waals surface area contributed by atoms with E-state index in [-0.39, 0.29) is 17.9 Å². The van der Waals surface area contributed by atoms with Crippen molar-refractivity contribution in [1.29, 1.82) is 0 Å². The number of hydrogen-bond donors (Lipinski definition) is 1. The summed E-state index contributed by atoms with van der Waals surface area (Å²) in [6.45, 7) is 5.10. The SMILES string of the molecule is CCOC(=O)C(c1ccccc1)N1CCNC(=O)C1C. The molecule has 1 N–H and O–H groups in total. The van der Waals surface area contributed by atoms with Gasteiger partial charge in [0.1, 0.15) is 6.04 Å². The van der Waals surface area contributed by atoms with Crippen molar-refractivity contribution in [2.75, 3.05) is 19.7 Å². The highest BCUT2D eigenvalue weighted by Gasteiger charge is 2.36. The van der Waals surface area contributed by atoms with Gasteiger partial charge in [0.25, 0.3) is 0 Å². The zero-order valence-corrected chi connectivity index (χ0v) is 11.8. The zero-order valence-electron chi connectivity index (χ0n) is 11.8. The Bertz CT molecular complexity index is 475. The molecule has 0 spiro atoms. The van der Waals surface area contributed by atoms with Gasteiger partial charge in [-0.1, -0.05) is 30.3 Å². The molecule has 0 saturated carbocycles. The Morgan fingerprint density at radius 2 is 2.15 bits per heavy atom. The number of carbonyl (C=O) groups is 2. The molecule has 1 aromatic rings. The number of carbonyl (C=O) groups excluding carboxylic acids is 2. The molecule has 0 aromatic heterocycles. The zero-order chi connectivity index (χ0) is 14.5. The van der Waals surface area contributed by atoms with Crippen LogP contribution in [-0.4, -0.2) is 42.5 Å². The summed E-state index contributed by atoms with van der Waals surface area (Å²) in [7, 11) is 0. The second-order valence-corrected chi connectivity index (χ2v) is 4.77. The van der Waals surface area contributed by atoms with Crippen LogP contribution in [0.2, 0.25) is 0 Å². The van der Waals surface area contributed by atoms with Crippen LogP contribution in [0.5, 0.6) is 0 Å². The Balaban J connectivity index is 2.31. The first-order chi connectivity index (χ1) is 9.65. The van der Waals surface area contributed by atoms with Crippen LogP contribution in [0.4, 0.5) is 0 Å². The van der Waals surface area contributed by atoms with Crippen molar-refractivity contribution in [3.05, 3.63) is 35.9 Å². The number of nitrogens with zero attached hydrogens (tertiary/aromatic N) is 1. The van der Waals surface area contributed by atoms with Gasteiger partial charge in [-0.05, 0) is 19.4 Å². The van der Waals surface area contributed by atoms with E-state index in [9.17, 15) is 9.59 Å². The van der Waals surface area contributed by atoms with E-state index in [0.717, 1.165) is 5.56 Å². The van der Waals surface area contributed by atoms with Crippen molar-refractivity contribution < 1.29 is 14.3 Å². The van der Waals surface area contributed by atoms with Gasteiger partial charge in [-0.15, -0.1) is 0 Å². The van der Waals surface area contributed by atoms with Crippen molar-refractivity contribution in [3.63, 3.8) is 0 Å². The maximum absolute atomic E-state index is 12.3. The van der Waals surface area contributed by atoms with Gasteiger partial charge >= 0.3 is 5.97 Å². The van der Waals surface area contributed by atoms with E-state index in [4.69, 9.17) is 4.74 Å². The first kappa shape index (κ1) is 14.5. The fourth-order valence-corrected chi connectivity index (χ4v) is 2.47. The van der Waals surface area contributed by atoms with Gasteiger partial charge in [-0.2, -0.15) is 0 Å². The minimum atomic E-state index is -0.530. The maximum atomic E-state index is 12.3.